The van der Waals surface area contributed by atoms with Crippen LogP contribution in [0.1, 0.15) is 48.5 Å². The van der Waals surface area contributed by atoms with Crippen molar-refractivity contribution in [2.45, 2.75) is 52.0 Å². The summed E-state index contributed by atoms with van der Waals surface area (Å²) in [5, 5.41) is 15.4. The maximum Gasteiger partial charge on any atom is 0.325 e. The number of hydrogen-bond acceptors (Lipinski definition) is 7. The largest absolute Gasteiger partial charge is 0.465 e. The van der Waals surface area contributed by atoms with Crippen LogP contribution in [0.3, 0.4) is 0 Å². The second-order valence-corrected chi connectivity index (χ2v) is 11.7. The van der Waals surface area contributed by atoms with Gasteiger partial charge in [0.15, 0.2) is 11.4 Å². The van der Waals surface area contributed by atoms with Crippen LogP contribution in [-0.4, -0.2) is 45.9 Å². The Morgan fingerprint density at radius 2 is 1.70 bits per heavy atom. The minimum absolute atomic E-state index is 0.0393. The monoisotopic (exact) mass is 666 g/mol. The highest BCUT2D eigenvalue weighted by atomic mass is 35.5. The average molecular weight is 668 g/mol. The number of aliphatic hydroxyl groups excluding tert-OH is 1. The molecule has 3 N–H and O–H groups in total. The number of esters is 1. The molecule has 10 nitrogen and oxygen atoms in total. The molecule has 0 aliphatic carbocycles. The minimum Gasteiger partial charge on any atom is -0.465 e. The number of hydrogen-bond donors (Lipinski definition) is 3. The van der Waals surface area contributed by atoms with Gasteiger partial charge in [-0.3, -0.25) is 4.79 Å². The second-order valence-electron chi connectivity index (χ2n) is 11.0. The van der Waals surface area contributed by atoms with E-state index in [1.165, 1.54) is 0 Å². The minimum atomic E-state index is -0.686. The third-order valence-electron chi connectivity index (χ3n) is 7.80. The molecule has 1 saturated heterocycles. The van der Waals surface area contributed by atoms with Crippen LogP contribution in [0.2, 0.25) is 10.3 Å². The molecule has 0 unspecified atom stereocenters. The Hall–Kier alpha value is -3.93. The van der Waals surface area contributed by atoms with Gasteiger partial charge in [0, 0.05) is 18.0 Å². The third-order valence-corrected chi connectivity index (χ3v) is 8.57. The van der Waals surface area contributed by atoms with Crippen molar-refractivity contribution in [2.24, 2.45) is 5.92 Å². The predicted octanol–water partition coefficient (Wildman–Crippen LogP) is 6.20. The number of nitrogens with one attached hydrogen (secondary N) is 2. The zero-order valence-corrected chi connectivity index (χ0v) is 27.0. The van der Waals surface area contributed by atoms with E-state index >= 15 is 0 Å². The van der Waals surface area contributed by atoms with Crippen molar-refractivity contribution < 1.29 is 28.9 Å². The zero-order chi connectivity index (χ0) is 32.6. The number of carbonyl (C=O) groups is 2. The van der Waals surface area contributed by atoms with Gasteiger partial charge < -0.3 is 34.5 Å². The van der Waals surface area contributed by atoms with Crippen molar-refractivity contribution in [3.63, 3.8) is 0 Å². The standard InChI is InChI=1S/C34H36Cl2N4O6/c1-3-44-29(42)17-38-34(43)37-16-23-6-4-7-25(14-23)26-8-5-9-27(15-26)33-45-28(18-40-20-39-31(35)32(40)36)21(2)30(46-33)24-12-10-22(19-41)11-13-24/h4-15,20-21,28,30,33,41H,3,16-19H2,1-2H3,(H2,37,38,43)/t21-,28+,30+,33+/m0/s1. The Bertz CT molecular complexity index is 1650. The Balaban J connectivity index is 1.35. The summed E-state index contributed by atoms with van der Waals surface area (Å²) in [6.07, 6.45) is 0.316. The highest BCUT2D eigenvalue weighted by molar-refractivity contribution is 6.40. The number of amides is 2. The number of aromatic nitrogens is 2. The van der Waals surface area contributed by atoms with E-state index in [4.69, 9.17) is 37.4 Å². The topological polar surface area (TPSA) is 124 Å². The van der Waals surface area contributed by atoms with Crippen LogP contribution in [0.4, 0.5) is 4.79 Å². The number of aliphatic hydroxyl groups is 1. The molecule has 1 aliphatic rings. The van der Waals surface area contributed by atoms with E-state index < -0.39 is 18.3 Å². The Morgan fingerprint density at radius 1 is 0.957 bits per heavy atom. The number of rotatable bonds is 11. The summed E-state index contributed by atoms with van der Waals surface area (Å²) in [5.74, 6) is -0.553. The van der Waals surface area contributed by atoms with E-state index in [-0.39, 0.29) is 49.6 Å². The first-order valence-corrected chi connectivity index (χ1v) is 15.7. The number of imidazole rings is 1. The Labute approximate surface area is 277 Å². The predicted molar refractivity (Wildman–Crippen MR) is 174 cm³/mol. The van der Waals surface area contributed by atoms with Gasteiger partial charge in [0.25, 0.3) is 0 Å². The normalized spacial score (nSPS) is 19.4. The van der Waals surface area contributed by atoms with Gasteiger partial charge in [0.05, 0.1) is 38.3 Å². The lowest BCUT2D eigenvalue weighted by molar-refractivity contribution is -0.276. The number of nitrogens with zero attached hydrogens (tertiary/aromatic N) is 2. The van der Waals surface area contributed by atoms with Gasteiger partial charge in [0.2, 0.25) is 0 Å². The number of ether oxygens (including phenoxy) is 3. The highest BCUT2D eigenvalue weighted by Gasteiger charge is 2.39. The summed E-state index contributed by atoms with van der Waals surface area (Å²) < 4.78 is 19.8. The van der Waals surface area contributed by atoms with E-state index in [1.807, 2.05) is 72.8 Å². The fourth-order valence-electron chi connectivity index (χ4n) is 5.33. The molecule has 46 heavy (non-hydrogen) atoms. The van der Waals surface area contributed by atoms with E-state index in [0.717, 1.165) is 33.4 Å². The molecular formula is C34H36Cl2N4O6. The summed E-state index contributed by atoms with van der Waals surface area (Å²) >= 11 is 12.5. The van der Waals surface area contributed by atoms with Gasteiger partial charge in [-0.25, -0.2) is 9.78 Å². The lowest BCUT2D eigenvalue weighted by Crippen LogP contribution is -2.39. The molecule has 1 aromatic heterocycles. The summed E-state index contributed by atoms with van der Waals surface area (Å²) in [7, 11) is 0. The average Bonchev–Trinajstić information content (AvgIpc) is 3.40. The Morgan fingerprint density at radius 3 is 2.39 bits per heavy atom. The molecule has 0 bridgehead atoms. The smallest absolute Gasteiger partial charge is 0.325 e. The maximum atomic E-state index is 12.2. The van der Waals surface area contributed by atoms with Gasteiger partial charge in [-0.2, -0.15) is 0 Å². The molecule has 242 valence electrons. The lowest BCUT2D eigenvalue weighted by atomic mass is 9.90. The van der Waals surface area contributed by atoms with Crippen LogP contribution in [0, 0.1) is 5.92 Å². The summed E-state index contributed by atoms with van der Waals surface area (Å²) in [4.78, 5) is 27.8. The van der Waals surface area contributed by atoms with E-state index in [2.05, 4.69) is 22.5 Å². The van der Waals surface area contributed by atoms with Gasteiger partial charge in [-0.05, 0) is 46.9 Å². The molecule has 4 aromatic rings. The summed E-state index contributed by atoms with van der Waals surface area (Å²) in [6.45, 7) is 4.49. The molecule has 0 spiro atoms. The van der Waals surface area contributed by atoms with E-state index in [1.54, 1.807) is 17.8 Å². The lowest BCUT2D eigenvalue weighted by Gasteiger charge is -2.41. The number of urea groups is 1. The SMILES string of the molecule is CCOC(=O)CNC(=O)NCc1cccc(-c2cccc([C@@H]3O[C@H](Cn4cnc(Cl)c4Cl)[C@H](C)[C@H](c4ccc(CO)cc4)O3)c2)c1. The molecule has 2 heterocycles. The molecule has 4 atom stereocenters. The van der Waals surface area contributed by atoms with E-state index in [9.17, 15) is 14.7 Å². The number of halogens is 2. The fourth-order valence-corrected chi connectivity index (χ4v) is 5.64. The third kappa shape index (κ3) is 8.26. The van der Waals surface area contributed by atoms with Crippen molar-refractivity contribution in [1.82, 2.24) is 20.2 Å². The van der Waals surface area contributed by atoms with Crippen molar-refractivity contribution in [2.75, 3.05) is 13.2 Å². The van der Waals surface area contributed by atoms with Crippen LogP contribution >= 0.6 is 23.2 Å². The summed E-state index contributed by atoms with van der Waals surface area (Å²) in [6, 6.07) is 23.0. The first-order chi connectivity index (χ1) is 22.2. The van der Waals surface area contributed by atoms with Crippen LogP contribution < -0.4 is 10.6 Å². The number of carbonyl (C=O) groups excluding carboxylic acids is 2. The second kappa shape index (κ2) is 15.6. The van der Waals surface area contributed by atoms with Gasteiger partial charge >= 0.3 is 12.0 Å². The first-order valence-electron chi connectivity index (χ1n) is 15.0. The molecule has 12 heteroatoms. The van der Waals surface area contributed by atoms with Crippen molar-refractivity contribution >= 4 is 35.2 Å². The molecule has 3 aromatic carbocycles. The van der Waals surface area contributed by atoms with Gasteiger partial charge in [0.1, 0.15) is 11.7 Å². The van der Waals surface area contributed by atoms with Crippen LogP contribution in [0.5, 0.6) is 0 Å². The zero-order valence-electron chi connectivity index (χ0n) is 25.5. The quantitative estimate of drug-likeness (QED) is 0.163. The van der Waals surface area contributed by atoms with Crippen molar-refractivity contribution in [3.05, 3.63) is 112 Å². The molecular weight excluding hydrogens is 631 g/mol. The number of benzene rings is 3. The van der Waals surface area contributed by atoms with Crippen LogP contribution in [0.25, 0.3) is 11.1 Å². The van der Waals surface area contributed by atoms with Crippen LogP contribution in [-0.2, 0) is 38.7 Å². The summed E-state index contributed by atoms with van der Waals surface area (Å²) in [5.41, 5.74) is 5.41. The molecule has 0 radical (unpaired) electrons. The van der Waals surface area contributed by atoms with Crippen molar-refractivity contribution in [3.8, 4) is 11.1 Å². The van der Waals surface area contributed by atoms with Gasteiger partial charge in [-0.15, -0.1) is 0 Å². The highest BCUT2D eigenvalue weighted by Crippen LogP contribution is 2.43. The van der Waals surface area contributed by atoms with Gasteiger partial charge in [-0.1, -0.05) is 90.8 Å². The van der Waals surface area contributed by atoms with E-state index in [0.29, 0.717) is 11.7 Å². The molecule has 1 fully saturated rings. The first kappa shape index (κ1) is 33.4. The Kier molecular flexibility index (Phi) is 11.3. The molecule has 5 rings (SSSR count). The molecule has 1 aliphatic heterocycles. The molecule has 2 amide bonds. The maximum absolute atomic E-state index is 12.2. The fraction of sp³-hybridized carbons (Fsp3) is 0.324. The van der Waals surface area contributed by atoms with Crippen LogP contribution in [0.15, 0.2) is 79.1 Å². The molecule has 0 saturated carbocycles. The van der Waals surface area contributed by atoms with Crippen molar-refractivity contribution in [1.29, 1.82) is 0 Å².